The van der Waals surface area contributed by atoms with Gasteiger partial charge in [0.15, 0.2) is 0 Å². The van der Waals surface area contributed by atoms with E-state index in [-0.39, 0.29) is 5.91 Å². The van der Waals surface area contributed by atoms with Crippen molar-refractivity contribution in [1.29, 1.82) is 0 Å². The van der Waals surface area contributed by atoms with Crippen LogP contribution in [0.15, 0.2) is 18.2 Å². The van der Waals surface area contributed by atoms with E-state index in [0.29, 0.717) is 17.4 Å². The van der Waals surface area contributed by atoms with Crippen molar-refractivity contribution < 1.29 is 4.79 Å². The smallest absolute Gasteiger partial charge is 0.269 e. The third-order valence-electron chi connectivity index (χ3n) is 2.26. The number of nitrogens with zero attached hydrogens (tertiary/aromatic N) is 1. The summed E-state index contributed by atoms with van der Waals surface area (Å²) in [7, 11) is 0. The Morgan fingerprint density at radius 3 is 2.94 bits per heavy atom. The lowest BCUT2D eigenvalue weighted by molar-refractivity contribution is 0.0948. The Morgan fingerprint density at radius 2 is 2.24 bits per heavy atom. The van der Waals surface area contributed by atoms with Crippen LogP contribution >= 0.6 is 23.4 Å². The summed E-state index contributed by atoms with van der Waals surface area (Å²) in [6.07, 6.45) is 5.45. The molecule has 94 valence electrons. The van der Waals surface area contributed by atoms with Gasteiger partial charge in [0.05, 0.1) is 0 Å². The van der Waals surface area contributed by atoms with Gasteiger partial charge >= 0.3 is 0 Å². The van der Waals surface area contributed by atoms with Crippen LogP contribution in [0.3, 0.4) is 0 Å². The number of pyridine rings is 1. The average Bonchev–Trinajstić information content (AvgIpc) is 2.33. The molecule has 0 fully saturated rings. The highest BCUT2D eigenvalue weighted by atomic mass is 35.5. The molecule has 0 aromatic carbocycles. The highest BCUT2D eigenvalue weighted by Gasteiger charge is 2.05. The quantitative estimate of drug-likeness (QED) is 0.613. The first-order valence-corrected chi connectivity index (χ1v) is 7.41. The standard InChI is InChI=1S/C12H17ClN2OS/c1-17-9-4-2-3-8-14-12(16)10-6-5-7-11(13)15-10/h5-7H,2-4,8-9H2,1H3,(H,14,16). The Bertz CT molecular complexity index is 360. The molecule has 1 rings (SSSR count). The molecule has 1 aromatic rings. The van der Waals surface area contributed by atoms with Gasteiger partial charge in [-0.25, -0.2) is 4.98 Å². The van der Waals surface area contributed by atoms with Crippen LogP contribution < -0.4 is 5.32 Å². The summed E-state index contributed by atoms with van der Waals surface area (Å²) in [6, 6.07) is 5.04. The maximum Gasteiger partial charge on any atom is 0.269 e. The van der Waals surface area contributed by atoms with Crippen LogP contribution in [0.1, 0.15) is 29.8 Å². The molecule has 0 atom stereocenters. The Balaban J connectivity index is 2.21. The molecular formula is C12H17ClN2OS. The summed E-state index contributed by atoms with van der Waals surface area (Å²) < 4.78 is 0. The molecule has 17 heavy (non-hydrogen) atoms. The Morgan fingerprint density at radius 1 is 1.41 bits per heavy atom. The van der Waals surface area contributed by atoms with Gasteiger partial charge in [-0.2, -0.15) is 11.8 Å². The van der Waals surface area contributed by atoms with E-state index in [0.717, 1.165) is 12.8 Å². The van der Waals surface area contributed by atoms with Gasteiger partial charge in [-0.1, -0.05) is 24.1 Å². The molecule has 0 spiro atoms. The minimum absolute atomic E-state index is 0.155. The predicted octanol–water partition coefficient (Wildman–Crippen LogP) is 3.00. The molecular weight excluding hydrogens is 256 g/mol. The molecule has 0 unspecified atom stereocenters. The summed E-state index contributed by atoms with van der Waals surface area (Å²) in [5.41, 5.74) is 0.376. The molecule has 0 radical (unpaired) electrons. The number of rotatable bonds is 7. The van der Waals surface area contributed by atoms with Crippen molar-refractivity contribution >= 4 is 29.3 Å². The van der Waals surface area contributed by atoms with Crippen molar-refractivity contribution in [3.05, 3.63) is 29.0 Å². The van der Waals surface area contributed by atoms with Crippen LogP contribution in [0, 0.1) is 0 Å². The third-order valence-corrected chi connectivity index (χ3v) is 3.17. The van der Waals surface area contributed by atoms with Crippen molar-refractivity contribution in [2.45, 2.75) is 19.3 Å². The number of carbonyl (C=O) groups excluding carboxylic acids is 1. The number of aromatic nitrogens is 1. The van der Waals surface area contributed by atoms with E-state index in [2.05, 4.69) is 16.6 Å². The Hall–Kier alpha value is -0.740. The van der Waals surface area contributed by atoms with E-state index in [1.807, 2.05) is 11.8 Å². The molecule has 5 heteroatoms. The maximum absolute atomic E-state index is 11.6. The molecule has 0 aliphatic rings. The van der Waals surface area contributed by atoms with Gasteiger partial charge < -0.3 is 5.32 Å². The van der Waals surface area contributed by atoms with E-state index >= 15 is 0 Å². The monoisotopic (exact) mass is 272 g/mol. The van der Waals surface area contributed by atoms with Gasteiger partial charge in [0.1, 0.15) is 10.8 Å². The summed E-state index contributed by atoms with van der Waals surface area (Å²) in [5.74, 6) is 1.03. The van der Waals surface area contributed by atoms with E-state index in [9.17, 15) is 4.79 Å². The number of thioether (sulfide) groups is 1. The number of unbranched alkanes of at least 4 members (excludes halogenated alkanes) is 2. The van der Waals surface area contributed by atoms with E-state index in [4.69, 9.17) is 11.6 Å². The van der Waals surface area contributed by atoms with Gasteiger partial charge in [-0.15, -0.1) is 0 Å². The predicted molar refractivity (Wildman–Crippen MR) is 73.8 cm³/mol. The van der Waals surface area contributed by atoms with Crippen molar-refractivity contribution in [1.82, 2.24) is 10.3 Å². The van der Waals surface area contributed by atoms with Crippen LogP contribution in [-0.4, -0.2) is 29.4 Å². The molecule has 1 amide bonds. The minimum atomic E-state index is -0.155. The second-order valence-corrected chi connectivity index (χ2v) is 5.03. The van der Waals surface area contributed by atoms with E-state index in [1.165, 1.54) is 12.2 Å². The molecule has 0 bridgehead atoms. The first-order valence-electron chi connectivity index (χ1n) is 5.63. The fourth-order valence-corrected chi connectivity index (χ4v) is 2.03. The number of hydrogen-bond acceptors (Lipinski definition) is 3. The van der Waals surface area contributed by atoms with Crippen LogP contribution in [0.25, 0.3) is 0 Å². The molecule has 1 aromatic heterocycles. The van der Waals surface area contributed by atoms with Crippen molar-refractivity contribution in [2.24, 2.45) is 0 Å². The normalized spacial score (nSPS) is 10.2. The molecule has 3 nitrogen and oxygen atoms in total. The Kier molecular flexibility index (Phi) is 7.05. The highest BCUT2D eigenvalue weighted by Crippen LogP contribution is 2.05. The number of amides is 1. The second kappa shape index (κ2) is 8.37. The number of nitrogens with one attached hydrogen (secondary N) is 1. The fourth-order valence-electron chi connectivity index (χ4n) is 1.38. The lowest BCUT2D eigenvalue weighted by Crippen LogP contribution is -2.25. The second-order valence-electron chi connectivity index (χ2n) is 3.65. The van der Waals surface area contributed by atoms with Crippen LogP contribution in [0.2, 0.25) is 5.15 Å². The van der Waals surface area contributed by atoms with Gasteiger partial charge in [-0.05, 0) is 37.0 Å². The molecule has 1 N–H and O–H groups in total. The van der Waals surface area contributed by atoms with Gasteiger partial charge in [0.25, 0.3) is 5.91 Å². The molecule has 0 saturated heterocycles. The summed E-state index contributed by atoms with van der Waals surface area (Å²) in [4.78, 5) is 15.6. The summed E-state index contributed by atoms with van der Waals surface area (Å²) in [6.45, 7) is 0.696. The lowest BCUT2D eigenvalue weighted by atomic mass is 10.2. The minimum Gasteiger partial charge on any atom is -0.351 e. The first kappa shape index (κ1) is 14.3. The average molecular weight is 273 g/mol. The number of halogens is 1. The van der Waals surface area contributed by atoms with Crippen molar-refractivity contribution in [3.63, 3.8) is 0 Å². The molecule has 1 heterocycles. The van der Waals surface area contributed by atoms with Crippen molar-refractivity contribution in [3.8, 4) is 0 Å². The van der Waals surface area contributed by atoms with Crippen LogP contribution in [0.5, 0.6) is 0 Å². The SMILES string of the molecule is CSCCCCCNC(=O)c1cccc(Cl)n1. The number of carbonyl (C=O) groups is 1. The molecule has 0 aliphatic heterocycles. The fraction of sp³-hybridized carbons (Fsp3) is 0.500. The van der Waals surface area contributed by atoms with Crippen LogP contribution in [-0.2, 0) is 0 Å². The Labute approximate surface area is 111 Å². The maximum atomic E-state index is 11.6. The zero-order valence-corrected chi connectivity index (χ0v) is 11.5. The highest BCUT2D eigenvalue weighted by molar-refractivity contribution is 7.98. The number of hydrogen-bond donors (Lipinski definition) is 1. The largest absolute Gasteiger partial charge is 0.351 e. The molecule has 0 saturated carbocycles. The van der Waals surface area contributed by atoms with E-state index < -0.39 is 0 Å². The third kappa shape index (κ3) is 5.94. The van der Waals surface area contributed by atoms with Crippen molar-refractivity contribution in [2.75, 3.05) is 18.6 Å². The van der Waals surface area contributed by atoms with Crippen LogP contribution in [0.4, 0.5) is 0 Å². The van der Waals surface area contributed by atoms with E-state index in [1.54, 1.807) is 18.2 Å². The topological polar surface area (TPSA) is 42.0 Å². The summed E-state index contributed by atoms with van der Waals surface area (Å²) >= 11 is 7.57. The van der Waals surface area contributed by atoms with Gasteiger partial charge in [0, 0.05) is 6.54 Å². The van der Waals surface area contributed by atoms with Gasteiger partial charge in [-0.3, -0.25) is 4.79 Å². The van der Waals surface area contributed by atoms with Gasteiger partial charge in [0.2, 0.25) is 0 Å². The summed E-state index contributed by atoms with van der Waals surface area (Å²) in [5, 5.41) is 3.18. The lowest BCUT2D eigenvalue weighted by Gasteiger charge is -2.04. The molecule has 0 aliphatic carbocycles. The zero-order valence-electron chi connectivity index (χ0n) is 9.91. The first-order chi connectivity index (χ1) is 8.24. The zero-order chi connectivity index (χ0) is 12.5.